The van der Waals surface area contributed by atoms with Gasteiger partial charge in [-0.3, -0.25) is 4.68 Å². The zero-order valence-corrected chi connectivity index (χ0v) is 13.7. The maximum atomic E-state index is 4.60. The lowest BCUT2D eigenvalue weighted by molar-refractivity contribution is 0.546. The van der Waals surface area contributed by atoms with E-state index in [0.717, 1.165) is 23.9 Å². The molecule has 0 spiro atoms. The molecule has 2 heterocycles. The third-order valence-corrected chi connectivity index (χ3v) is 3.43. The standard InChI is InChI=1S/C18H21N5/c1-18(2,3)17-19-10-8-16(22-17)21-15-7-4-6-14(12-15)13-23-11-5-9-20-23/h4-12H,13H2,1-3H3,(H,19,21,22). The molecule has 1 N–H and O–H groups in total. The highest BCUT2D eigenvalue weighted by Crippen LogP contribution is 2.21. The molecule has 0 saturated carbocycles. The van der Waals surface area contributed by atoms with Crippen molar-refractivity contribution in [2.24, 2.45) is 0 Å². The van der Waals surface area contributed by atoms with Crippen LogP contribution in [0.1, 0.15) is 32.2 Å². The van der Waals surface area contributed by atoms with E-state index >= 15 is 0 Å². The van der Waals surface area contributed by atoms with E-state index in [0.29, 0.717) is 0 Å². The summed E-state index contributed by atoms with van der Waals surface area (Å²) in [5, 5.41) is 7.60. The summed E-state index contributed by atoms with van der Waals surface area (Å²) in [7, 11) is 0. The molecule has 0 aliphatic heterocycles. The largest absolute Gasteiger partial charge is 0.340 e. The average molecular weight is 307 g/mol. The minimum absolute atomic E-state index is 0.0698. The number of rotatable bonds is 4. The monoisotopic (exact) mass is 307 g/mol. The predicted octanol–water partition coefficient (Wildman–Crippen LogP) is 3.76. The molecule has 0 saturated heterocycles. The zero-order chi connectivity index (χ0) is 16.3. The Kier molecular flexibility index (Phi) is 4.10. The maximum Gasteiger partial charge on any atom is 0.135 e. The molecule has 0 fully saturated rings. The Hall–Kier alpha value is -2.69. The van der Waals surface area contributed by atoms with Crippen LogP contribution in [0.3, 0.4) is 0 Å². The van der Waals surface area contributed by atoms with Crippen molar-refractivity contribution in [2.75, 3.05) is 5.32 Å². The van der Waals surface area contributed by atoms with Gasteiger partial charge in [-0.05, 0) is 29.8 Å². The highest BCUT2D eigenvalue weighted by Gasteiger charge is 2.17. The number of nitrogens with one attached hydrogen (secondary N) is 1. The summed E-state index contributed by atoms with van der Waals surface area (Å²) in [5.41, 5.74) is 2.12. The summed E-state index contributed by atoms with van der Waals surface area (Å²) in [6.45, 7) is 7.07. The third-order valence-electron chi connectivity index (χ3n) is 3.43. The van der Waals surface area contributed by atoms with Crippen molar-refractivity contribution in [2.45, 2.75) is 32.7 Å². The lowest BCUT2D eigenvalue weighted by Gasteiger charge is -2.17. The molecule has 118 valence electrons. The van der Waals surface area contributed by atoms with Crippen LogP contribution >= 0.6 is 0 Å². The van der Waals surface area contributed by atoms with Crippen molar-refractivity contribution in [1.82, 2.24) is 19.7 Å². The molecular weight excluding hydrogens is 286 g/mol. The van der Waals surface area contributed by atoms with Gasteiger partial charge in [-0.2, -0.15) is 5.10 Å². The molecule has 0 aliphatic rings. The molecule has 0 radical (unpaired) electrons. The normalized spacial score (nSPS) is 11.4. The van der Waals surface area contributed by atoms with Crippen molar-refractivity contribution in [3.63, 3.8) is 0 Å². The van der Waals surface area contributed by atoms with Crippen LogP contribution in [0.4, 0.5) is 11.5 Å². The van der Waals surface area contributed by atoms with Crippen LogP contribution in [0, 0.1) is 0 Å². The molecule has 5 heteroatoms. The molecule has 0 amide bonds. The average Bonchev–Trinajstić information content (AvgIpc) is 3.00. The Labute approximate surface area is 136 Å². The summed E-state index contributed by atoms with van der Waals surface area (Å²) in [5.74, 6) is 1.64. The van der Waals surface area contributed by atoms with Crippen LogP contribution < -0.4 is 5.32 Å². The first-order valence-corrected chi connectivity index (χ1v) is 7.68. The molecule has 3 rings (SSSR count). The number of hydrogen-bond donors (Lipinski definition) is 1. The second kappa shape index (κ2) is 6.20. The van der Waals surface area contributed by atoms with Crippen molar-refractivity contribution < 1.29 is 0 Å². The second-order valence-corrected chi connectivity index (χ2v) is 6.54. The van der Waals surface area contributed by atoms with Crippen LogP contribution in [-0.4, -0.2) is 19.7 Å². The first-order chi connectivity index (χ1) is 11.0. The Bertz CT molecular complexity index is 772. The van der Waals surface area contributed by atoms with Gasteiger partial charge < -0.3 is 5.32 Å². The number of hydrogen-bond acceptors (Lipinski definition) is 4. The Morgan fingerprint density at radius 1 is 1.09 bits per heavy atom. The molecule has 0 bridgehead atoms. The lowest BCUT2D eigenvalue weighted by Crippen LogP contribution is -2.16. The Morgan fingerprint density at radius 2 is 1.96 bits per heavy atom. The first-order valence-electron chi connectivity index (χ1n) is 7.68. The van der Waals surface area contributed by atoms with Crippen LogP contribution in [-0.2, 0) is 12.0 Å². The number of aromatic nitrogens is 4. The molecule has 23 heavy (non-hydrogen) atoms. The molecule has 0 aliphatic carbocycles. The van der Waals surface area contributed by atoms with Crippen molar-refractivity contribution in [1.29, 1.82) is 0 Å². The van der Waals surface area contributed by atoms with Gasteiger partial charge in [0.1, 0.15) is 11.6 Å². The van der Waals surface area contributed by atoms with E-state index < -0.39 is 0 Å². The van der Waals surface area contributed by atoms with Crippen LogP contribution in [0.5, 0.6) is 0 Å². The van der Waals surface area contributed by atoms with E-state index in [9.17, 15) is 0 Å². The van der Waals surface area contributed by atoms with Gasteiger partial charge in [0.05, 0.1) is 6.54 Å². The summed E-state index contributed by atoms with van der Waals surface area (Å²) in [6, 6.07) is 12.1. The molecule has 0 atom stereocenters. The minimum Gasteiger partial charge on any atom is -0.340 e. The number of anilines is 2. The third kappa shape index (κ3) is 3.94. The molecule has 2 aromatic heterocycles. The summed E-state index contributed by atoms with van der Waals surface area (Å²) < 4.78 is 1.90. The van der Waals surface area contributed by atoms with Crippen molar-refractivity contribution in [3.8, 4) is 0 Å². The molecule has 3 aromatic rings. The van der Waals surface area contributed by atoms with Crippen molar-refractivity contribution in [3.05, 3.63) is 66.4 Å². The minimum atomic E-state index is -0.0698. The van der Waals surface area contributed by atoms with Gasteiger partial charge in [-0.1, -0.05) is 32.9 Å². The van der Waals surface area contributed by atoms with E-state index in [-0.39, 0.29) is 5.41 Å². The van der Waals surface area contributed by atoms with Crippen molar-refractivity contribution >= 4 is 11.5 Å². The molecule has 5 nitrogen and oxygen atoms in total. The van der Waals surface area contributed by atoms with Gasteiger partial charge in [-0.15, -0.1) is 0 Å². The second-order valence-electron chi connectivity index (χ2n) is 6.54. The smallest absolute Gasteiger partial charge is 0.135 e. The fourth-order valence-electron chi connectivity index (χ4n) is 2.27. The first kappa shape index (κ1) is 15.2. The van der Waals surface area contributed by atoms with E-state index in [1.165, 1.54) is 5.56 Å². The summed E-state index contributed by atoms with van der Waals surface area (Å²) in [4.78, 5) is 8.96. The Balaban J connectivity index is 1.78. The SMILES string of the molecule is CC(C)(C)c1nccc(Nc2cccc(Cn3cccn3)c2)n1. The van der Waals surface area contributed by atoms with Crippen LogP contribution in [0.25, 0.3) is 0 Å². The topological polar surface area (TPSA) is 55.6 Å². The highest BCUT2D eigenvalue weighted by atomic mass is 15.3. The highest BCUT2D eigenvalue weighted by molar-refractivity contribution is 5.56. The number of benzene rings is 1. The van der Waals surface area contributed by atoms with E-state index in [1.807, 2.05) is 35.1 Å². The quantitative estimate of drug-likeness (QED) is 0.797. The Morgan fingerprint density at radius 3 is 2.70 bits per heavy atom. The fourth-order valence-corrected chi connectivity index (χ4v) is 2.27. The lowest BCUT2D eigenvalue weighted by atomic mass is 9.96. The van der Waals surface area contributed by atoms with Gasteiger partial charge >= 0.3 is 0 Å². The van der Waals surface area contributed by atoms with Gasteiger partial charge in [0.25, 0.3) is 0 Å². The molecule has 1 aromatic carbocycles. The molecule has 0 unspecified atom stereocenters. The summed E-state index contributed by atoms with van der Waals surface area (Å²) >= 11 is 0. The van der Waals surface area contributed by atoms with Crippen LogP contribution in [0.15, 0.2) is 55.0 Å². The van der Waals surface area contributed by atoms with Gasteiger partial charge in [-0.25, -0.2) is 9.97 Å². The molecular formula is C18H21N5. The van der Waals surface area contributed by atoms with Crippen LogP contribution in [0.2, 0.25) is 0 Å². The van der Waals surface area contributed by atoms with Gasteiger partial charge in [0.15, 0.2) is 0 Å². The van der Waals surface area contributed by atoms with E-state index in [2.05, 4.69) is 53.3 Å². The van der Waals surface area contributed by atoms with E-state index in [4.69, 9.17) is 0 Å². The predicted molar refractivity (Wildman–Crippen MR) is 91.8 cm³/mol. The van der Waals surface area contributed by atoms with Gasteiger partial charge in [0.2, 0.25) is 0 Å². The fraction of sp³-hybridized carbons (Fsp3) is 0.278. The summed E-state index contributed by atoms with van der Waals surface area (Å²) in [6.07, 6.45) is 5.54. The van der Waals surface area contributed by atoms with E-state index in [1.54, 1.807) is 12.4 Å². The van der Waals surface area contributed by atoms with Gasteiger partial charge in [0, 0.05) is 29.7 Å². The number of nitrogens with zero attached hydrogens (tertiary/aromatic N) is 4. The zero-order valence-electron chi connectivity index (χ0n) is 13.7. The maximum absolute atomic E-state index is 4.60.